The molecule has 0 aliphatic carbocycles. The van der Waals surface area contributed by atoms with Gasteiger partial charge in [-0.1, -0.05) is 31.2 Å². The van der Waals surface area contributed by atoms with E-state index < -0.39 is 17.7 Å². The fourth-order valence-corrected chi connectivity index (χ4v) is 2.25. The van der Waals surface area contributed by atoms with Gasteiger partial charge in [0, 0.05) is 18.0 Å². The van der Waals surface area contributed by atoms with E-state index in [2.05, 4.69) is 5.32 Å². The van der Waals surface area contributed by atoms with E-state index in [1.165, 1.54) is 18.2 Å². The van der Waals surface area contributed by atoms with E-state index in [0.717, 1.165) is 5.75 Å². The highest BCUT2D eigenvalue weighted by Gasteiger charge is 2.19. The lowest BCUT2D eigenvalue weighted by atomic mass is 10.0. The van der Waals surface area contributed by atoms with Crippen molar-refractivity contribution in [3.63, 3.8) is 0 Å². The molecule has 1 unspecified atom stereocenters. The molecule has 0 spiro atoms. The first kappa shape index (κ1) is 15.4. The third-order valence-electron chi connectivity index (χ3n) is 3.22. The van der Waals surface area contributed by atoms with Crippen LogP contribution in [0.4, 0.5) is 8.78 Å². The molecule has 4 heteroatoms. The molecule has 0 aliphatic rings. The summed E-state index contributed by atoms with van der Waals surface area (Å²) in [4.78, 5) is 0. The first-order chi connectivity index (χ1) is 10.2. The topological polar surface area (TPSA) is 21.3 Å². The standard InChI is InChI=1S/C17H19F2NO/c1-2-20-16(17-14(18)9-6-10-15(17)19)11-12-21-13-7-4-3-5-8-13/h3-10,16,20H,2,11-12H2,1H3. The molecule has 0 saturated heterocycles. The molecule has 0 fully saturated rings. The number of hydrogen-bond acceptors (Lipinski definition) is 2. The zero-order chi connectivity index (χ0) is 15.1. The van der Waals surface area contributed by atoms with E-state index in [9.17, 15) is 8.78 Å². The molecule has 2 nitrogen and oxygen atoms in total. The van der Waals surface area contributed by atoms with Gasteiger partial charge in [-0.15, -0.1) is 0 Å². The van der Waals surface area contributed by atoms with Gasteiger partial charge in [0.1, 0.15) is 17.4 Å². The fraction of sp³-hybridized carbons (Fsp3) is 0.294. The van der Waals surface area contributed by atoms with Gasteiger partial charge in [-0.2, -0.15) is 0 Å². The highest BCUT2D eigenvalue weighted by atomic mass is 19.1. The molecule has 112 valence electrons. The van der Waals surface area contributed by atoms with E-state index in [-0.39, 0.29) is 5.56 Å². The number of rotatable bonds is 7. The molecule has 1 N–H and O–H groups in total. The number of ether oxygens (including phenoxy) is 1. The predicted molar refractivity (Wildman–Crippen MR) is 79.3 cm³/mol. The van der Waals surface area contributed by atoms with Crippen LogP contribution in [0.25, 0.3) is 0 Å². The van der Waals surface area contributed by atoms with Crippen LogP contribution in [0.1, 0.15) is 24.9 Å². The Balaban J connectivity index is 2.02. The van der Waals surface area contributed by atoms with Crippen LogP contribution < -0.4 is 10.1 Å². The van der Waals surface area contributed by atoms with Gasteiger partial charge >= 0.3 is 0 Å². The lowest BCUT2D eigenvalue weighted by molar-refractivity contribution is 0.283. The molecular formula is C17H19F2NO. The van der Waals surface area contributed by atoms with Crippen LogP contribution in [0.15, 0.2) is 48.5 Å². The normalized spacial score (nSPS) is 12.1. The Morgan fingerprint density at radius 3 is 2.29 bits per heavy atom. The third kappa shape index (κ3) is 4.26. The summed E-state index contributed by atoms with van der Waals surface area (Å²) in [5, 5.41) is 3.11. The number of hydrogen-bond donors (Lipinski definition) is 1. The van der Waals surface area contributed by atoms with E-state index >= 15 is 0 Å². The van der Waals surface area contributed by atoms with Crippen LogP contribution in [0, 0.1) is 11.6 Å². The summed E-state index contributed by atoms with van der Waals surface area (Å²) in [6, 6.07) is 12.9. The Kier molecular flexibility index (Phi) is 5.69. The number of benzene rings is 2. The maximum atomic E-state index is 13.9. The summed E-state index contributed by atoms with van der Waals surface area (Å²) in [6.45, 7) is 2.92. The SMILES string of the molecule is CCNC(CCOc1ccccc1)c1c(F)cccc1F. The van der Waals surface area contributed by atoms with Crippen molar-refractivity contribution in [1.82, 2.24) is 5.32 Å². The van der Waals surface area contributed by atoms with E-state index in [4.69, 9.17) is 4.74 Å². The molecular weight excluding hydrogens is 272 g/mol. The molecule has 2 aromatic carbocycles. The van der Waals surface area contributed by atoms with Crippen LogP contribution in [0.5, 0.6) is 5.75 Å². The summed E-state index contributed by atoms with van der Waals surface area (Å²) in [7, 11) is 0. The van der Waals surface area contributed by atoms with Gasteiger partial charge < -0.3 is 10.1 Å². The van der Waals surface area contributed by atoms with E-state index in [0.29, 0.717) is 19.6 Å². The van der Waals surface area contributed by atoms with Gasteiger partial charge in [0.2, 0.25) is 0 Å². The van der Waals surface area contributed by atoms with Crippen molar-refractivity contribution >= 4 is 0 Å². The van der Waals surface area contributed by atoms with Crippen LogP contribution >= 0.6 is 0 Å². The lowest BCUT2D eigenvalue weighted by Crippen LogP contribution is -2.25. The molecule has 0 radical (unpaired) electrons. The molecule has 0 aliphatic heterocycles. The molecule has 21 heavy (non-hydrogen) atoms. The number of para-hydroxylation sites is 1. The van der Waals surface area contributed by atoms with Crippen molar-refractivity contribution in [2.24, 2.45) is 0 Å². The minimum absolute atomic E-state index is 0.0796. The second kappa shape index (κ2) is 7.74. The molecule has 2 aromatic rings. The van der Waals surface area contributed by atoms with Gasteiger partial charge in [-0.3, -0.25) is 0 Å². The molecule has 0 aromatic heterocycles. The predicted octanol–water partition coefficient (Wildman–Crippen LogP) is 4.08. The molecule has 0 heterocycles. The van der Waals surface area contributed by atoms with Gasteiger partial charge in [-0.25, -0.2) is 8.78 Å². The Morgan fingerprint density at radius 2 is 1.67 bits per heavy atom. The Hall–Kier alpha value is -1.94. The van der Waals surface area contributed by atoms with Gasteiger partial charge in [0.25, 0.3) is 0 Å². The second-order valence-electron chi connectivity index (χ2n) is 4.70. The van der Waals surface area contributed by atoms with E-state index in [1.807, 2.05) is 37.3 Å². The number of halogens is 2. The molecule has 0 bridgehead atoms. The molecule has 0 amide bonds. The van der Waals surface area contributed by atoms with Gasteiger partial charge in [-0.05, 0) is 30.8 Å². The Labute approximate surface area is 123 Å². The molecule has 1 atom stereocenters. The van der Waals surface area contributed by atoms with Gasteiger partial charge in [0.15, 0.2) is 0 Å². The summed E-state index contributed by atoms with van der Waals surface area (Å²) in [5.74, 6) is -0.303. The number of nitrogens with one attached hydrogen (secondary N) is 1. The van der Waals surface area contributed by atoms with Crippen LogP contribution in [0.3, 0.4) is 0 Å². The maximum absolute atomic E-state index is 13.9. The zero-order valence-electron chi connectivity index (χ0n) is 12.0. The highest BCUT2D eigenvalue weighted by molar-refractivity contribution is 5.24. The minimum atomic E-state index is -0.527. The third-order valence-corrected chi connectivity index (χ3v) is 3.22. The molecule has 2 rings (SSSR count). The smallest absolute Gasteiger partial charge is 0.130 e. The molecule has 0 saturated carbocycles. The van der Waals surface area contributed by atoms with Crippen molar-refractivity contribution in [3.8, 4) is 5.75 Å². The highest BCUT2D eigenvalue weighted by Crippen LogP contribution is 2.23. The average molecular weight is 291 g/mol. The van der Waals surface area contributed by atoms with Crippen molar-refractivity contribution in [2.75, 3.05) is 13.2 Å². The lowest BCUT2D eigenvalue weighted by Gasteiger charge is -2.19. The zero-order valence-corrected chi connectivity index (χ0v) is 12.0. The quantitative estimate of drug-likeness (QED) is 0.830. The average Bonchev–Trinajstić information content (AvgIpc) is 2.48. The van der Waals surface area contributed by atoms with Gasteiger partial charge in [0.05, 0.1) is 6.61 Å². The van der Waals surface area contributed by atoms with Crippen molar-refractivity contribution in [2.45, 2.75) is 19.4 Å². The summed E-state index contributed by atoms with van der Waals surface area (Å²) in [5.41, 5.74) is 0.0796. The maximum Gasteiger partial charge on any atom is 0.130 e. The van der Waals surface area contributed by atoms with Crippen LogP contribution in [0.2, 0.25) is 0 Å². The van der Waals surface area contributed by atoms with E-state index in [1.54, 1.807) is 0 Å². The minimum Gasteiger partial charge on any atom is -0.494 e. The first-order valence-corrected chi connectivity index (χ1v) is 7.07. The Bertz CT molecular complexity index is 540. The fourth-order valence-electron chi connectivity index (χ4n) is 2.25. The van der Waals surface area contributed by atoms with Crippen LogP contribution in [-0.2, 0) is 0 Å². The van der Waals surface area contributed by atoms with Crippen molar-refractivity contribution in [1.29, 1.82) is 0 Å². The Morgan fingerprint density at radius 1 is 1.00 bits per heavy atom. The second-order valence-corrected chi connectivity index (χ2v) is 4.70. The monoisotopic (exact) mass is 291 g/mol. The summed E-state index contributed by atoms with van der Waals surface area (Å²) in [6.07, 6.45) is 0.487. The largest absolute Gasteiger partial charge is 0.494 e. The van der Waals surface area contributed by atoms with Crippen molar-refractivity contribution < 1.29 is 13.5 Å². The summed E-state index contributed by atoms with van der Waals surface area (Å²) >= 11 is 0. The van der Waals surface area contributed by atoms with Crippen molar-refractivity contribution in [3.05, 3.63) is 65.7 Å². The van der Waals surface area contributed by atoms with Crippen LogP contribution in [-0.4, -0.2) is 13.2 Å². The first-order valence-electron chi connectivity index (χ1n) is 7.07. The summed E-state index contributed by atoms with van der Waals surface area (Å²) < 4.78 is 33.3.